The van der Waals surface area contributed by atoms with Crippen LogP contribution in [0.1, 0.15) is 40.7 Å². The van der Waals surface area contributed by atoms with E-state index in [0.717, 1.165) is 64.2 Å². The Morgan fingerprint density at radius 1 is 1.14 bits per heavy atom. The zero-order valence-corrected chi connectivity index (χ0v) is 13.3. The molecule has 0 radical (unpaired) electrons. The molecule has 4 heteroatoms. The highest BCUT2D eigenvalue weighted by Crippen LogP contribution is 2.22. The van der Waals surface area contributed by atoms with Crippen LogP contribution in [-0.2, 0) is 17.6 Å². The van der Waals surface area contributed by atoms with Crippen molar-refractivity contribution >= 4 is 5.91 Å². The van der Waals surface area contributed by atoms with Crippen molar-refractivity contribution in [2.75, 3.05) is 39.4 Å². The summed E-state index contributed by atoms with van der Waals surface area (Å²) in [5.41, 5.74) is 3.59. The number of ether oxygens (including phenoxy) is 1. The van der Waals surface area contributed by atoms with Crippen LogP contribution in [0, 0.1) is 0 Å². The Labute approximate surface area is 132 Å². The van der Waals surface area contributed by atoms with Crippen LogP contribution in [0.3, 0.4) is 0 Å². The first-order chi connectivity index (χ1) is 10.8. The summed E-state index contributed by atoms with van der Waals surface area (Å²) in [7, 11) is 0. The fraction of sp³-hybridized carbons (Fsp3) is 0.611. The van der Waals surface area contributed by atoms with Crippen LogP contribution in [0.4, 0.5) is 0 Å². The van der Waals surface area contributed by atoms with Gasteiger partial charge < -0.3 is 10.1 Å². The summed E-state index contributed by atoms with van der Waals surface area (Å²) in [6.45, 7) is 5.67. The van der Waals surface area contributed by atoms with E-state index in [0.29, 0.717) is 0 Å². The number of carbonyl (C=O) groups excluding carboxylic acids is 1. The minimum absolute atomic E-state index is 0.0704. The van der Waals surface area contributed by atoms with Gasteiger partial charge in [-0.25, -0.2) is 0 Å². The van der Waals surface area contributed by atoms with Gasteiger partial charge in [-0.1, -0.05) is 6.07 Å². The van der Waals surface area contributed by atoms with Crippen molar-refractivity contribution in [3.8, 4) is 0 Å². The van der Waals surface area contributed by atoms with Crippen molar-refractivity contribution in [1.29, 1.82) is 0 Å². The second kappa shape index (κ2) is 7.75. The number of amides is 1. The molecule has 1 saturated heterocycles. The Bertz CT molecular complexity index is 510. The van der Waals surface area contributed by atoms with E-state index in [2.05, 4.69) is 22.3 Å². The molecule has 3 rings (SSSR count). The lowest BCUT2D eigenvalue weighted by atomic mass is 10.1. The quantitative estimate of drug-likeness (QED) is 0.818. The second-order valence-corrected chi connectivity index (χ2v) is 6.25. The summed E-state index contributed by atoms with van der Waals surface area (Å²) in [4.78, 5) is 14.6. The number of aryl methyl sites for hydroxylation is 2. The van der Waals surface area contributed by atoms with E-state index in [1.54, 1.807) is 0 Å². The number of morpholine rings is 1. The summed E-state index contributed by atoms with van der Waals surface area (Å²) < 4.78 is 5.34. The molecule has 120 valence electrons. The number of benzene rings is 1. The highest BCUT2D eigenvalue weighted by atomic mass is 16.5. The number of hydrogen-bond acceptors (Lipinski definition) is 3. The summed E-state index contributed by atoms with van der Waals surface area (Å²) in [5.74, 6) is 0.0704. The molecule has 0 spiro atoms. The molecule has 22 heavy (non-hydrogen) atoms. The van der Waals surface area contributed by atoms with Crippen LogP contribution in [0.25, 0.3) is 0 Å². The van der Waals surface area contributed by atoms with Gasteiger partial charge in [-0.05, 0) is 61.9 Å². The maximum absolute atomic E-state index is 12.2. The lowest BCUT2D eigenvalue weighted by Gasteiger charge is -2.26. The topological polar surface area (TPSA) is 41.6 Å². The van der Waals surface area contributed by atoms with Crippen LogP contribution in [-0.4, -0.2) is 50.2 Å². The number of hydrogen-bond donors (Lipinski definition) is 1. The average molecular weight is 302 g/mol. The zero-order valence-electron chi connectivity index (χ0n) is 13.3. The predicted molar refractivity (Wildman–Crippen MR) is 87.3 cm³/mol. The first-order valence-corrected chi connectivity index (χ1v) is 8.53. The summed E-state index contributed by atoms with van der Waals surface area (Å²) in [6.07, 6.45) is 5.68. The van der Waals surface area contributed by atoms with Gasteiger partial charge in [0, 0.05) is 25.2 Å². The Morgan fingerprint density at radius 3 is 2.82 bits per heavy atom. The molecule has 1 N–H and O–H groups in total. The van der Waals surface area contributed by atoms with E-state index in [9.17, 15) is 4.79 Å². The number of nitrogens with zero attached hydrogens (tertiary/aromatic N) is 1. The third kappa shape index (κ3) is 4.08. The van der Waals surface area contributed by atoms with Crippen molar-refractivity contribution in [3.05, 3.63) is 34.9 Å². The van der Waals surface area contributed by atoms with Crippen molar-refractivity contribution in [1.82, 2.24) is 10.2 Å². The smallest absolute Gasteiger partial charge is 0.251 e. The monoisotopic (exact) mass is 302 g/mol. The van der Waals surface area contributed by atoms with Crippen LogP contribution in [0.5, 0.6) is 0 Å². The largest absolute Gasteiger partial charge is 0.379 e. The van der Waals surface area contributed by atoms with Crippen LogP contribution < -0.4 is 5.32 Å². The van der Waals surface area contributed by atoms with E-state index in [1.807, 2.05) is 6.07 Å². The highest BCUT2D eigenvalue weighted by molar-refractivity contribution is 5.94. The molecule has 1 aromatic carbocycles. The zero-order chi connectivity index (χ0) is 15.2. The number of fused-ring (bicyclic) bond motifs is 1. The highest BCUT2D eigenvalue weighted by Gasteiger charge is 2.14. The Hall–Kier alpha value is -1.39. The van der Waals surface area contributed by atoms with Crippen molar-refractivity contribution in [3.63, 3.8) is 0 Å². The molecule has 1 heterocycles. The molecule has 0 aromatic heterocycles. The third-order valence-electron chi connectivity index (χ3n) is 4.65. The maximum Gasteiger partial charge on any atom is 0.251 e. The van der Waals surface area contributed by atoms with Crippen LogP contribution >= 0.6 is 0 Å². The van der Waals surface area contributed by atoms with Gasteiger partial charge in [0.1, 0.15) is 0 Å². The predicted octanol–water partition coefficient (Wildman–Crippen LogP) is 2.02. The molecule has 0 unspecified atom stereocenters. The van der Waals surface area contributed by atoms with E-state index in [4.69, 9.17) is 4.74 Å². The summed E-state index contributed by atoms with van der Waals surface area (Å²) >= 11 is 0. The van der Waals surface area contributed by atoms with E-state index >= 15 is 0 Å². The Kier molecular flexibility index (Phi) is 5.46. The lowest BCUT2D eigenvalue weighted by Crippen LogP contribution is -2.37. The SMILES string of the molecule is O=C(NCCCCN1CCOCC1)c1ccc2c(c1)CCC2. The van der Waals surface area contributed by atoms with Crippen LogP contribution in [0.15, 0.2) is 18.2 Å². The van der Waals surface area contributed by atoms with Crippen LogP contribution in [0.2, 0.25) is 0 Å². The number of unbranched alkanes of at least 4 members (excludes halogenated alkanes) is 1. The first kappa shape index (κ1) is 15.5. The first-order valence-electron chi connectivity index (χ1n) is 8.53. The van der Waals surface area contributed by atoms with Gasteiger partial charge in [0.15, 0.2) is 0 Å². The Morgan fingerprint density at radius 2 is 1.95 bits per heavy atom. The molecule has 1 amide bonds. The normalized spacial score (nSPS) is 18.2. The summed E-state index contributed by atoms with van der Waals surface area (Å²) in [5, 5.41) is 3.05. The van der Waals surface area contributed by atoms with Crippen molar-refractivity contribution < 1.29 is 9.53 Å². The molecular formula is C18H26N2O2. The lowest BCUT2D eigenvalue weighted by molar-refractivity contribution is 0.0372. The number of nitrogens with one attached hydrogen (secondary N) is 1. The Balaban J connectivity index is 1.35. The molecule has 0 bridgehead atoms. The van der Waals surface area contributed by atoms with E-state index in [1.165, 1.54) is 24.0 Å². The fourth-order valence-corrected chi connectivity index (χ4v) is 3.30. The average Bonchev–Trinajstić information content (AvgIpc) is 3.03. The van der Waals surface area contributed by atoms with Gasteiger partial charge in [0.2, 0.25) is 0 Å². The molecule has 1 fully saturated rings. The minimum Gasteiger partial charge on any atom is -0.379 e. The van der Waals surface area contributed by atoms with Gasteiger partial charge in [-0.15, -0.1) is 0 Å². The molecule has 4 nitrogen and oxygen atoms in total. The van der Waals surface area contributed by atoms with Crippen molar-refractivity contribution in [2.24, 2.45) is 0 Å². The third-order valence-corrected chi connectivity index (χ3v) is 4.65. The maximum atomic E-state index is 12.2. The van der Waals surface area contributed by atoms with Gasteiger partial charge in [-0.3, -0.25) is 9.69 Å². The number of carbonyl (C=O) groups is 1. The molecule has 0 atom stereocenters. The van der Waals surface area contributed by atoms with Crippen molar-refractivity contribution in [2.45, 2.75) is 32.1 Å². The fourth-order valence-electron chi connectivity index (χ4n) is 3.30. The second-order valence-electron chi connectivity index (χ2n) is 6.25. The van der Waals surface area contributed by atoms with E-state index in [-0.39, 0.29) is 5.91 Å². The molecular weight excluding hydrogens is 276 g/mol. The number of rotatable bonds is 6. The molecule has 1 aliphatic carbocycles. The van der Waals surface area contributed by atoms with Gasteiger partial charge >= 0.3 is 0 Å². The van der Waals surface area contributed by atoms with Gasteiger partial charge in [-0.2, -0.15) is 0 Å². The molecule has 1 aromatic rings. The molecule has 2 aliphatic rings. The van der Waals surface area contributed by atoms with E-state index < -0.39 is 0 Å². The minimum atomic E-state index is 0.0704. The molecule has 0 saturated carbocycles. The van der Waals surface area contributed by atoms with Gasteiger partial charge in [0.05, 0.1) is 13.2 Å². The molecule has 1 aliphatic heterocycles. The standard InChI is InChI=1S/C18H26N2O2/c21-18(17-7-6-15-4-3-5-16(15)14-17)19-8-1-2-9-20-10-12-22-13-11-20/h6-7,14H,1-5,8-13H2,(H,19,21). The summed E-state index contributed by atoms with van der Waals surface area (Å²) in [6, 6.07) is 6.16. The van der Waals surface area contributed by atoms with Gasteiger partial charge in [0.25, 0.3) is 5.91 Å².